The van der Waals surface area contributed by atoms with E-state index in [9.17, 15) is 14.4 Å². The lowest BCUT2D eigenvalue weighted by Gasteiger charge is -2.14. The standard InChI is InChI=1S/C14H15ClN2O4/c1-2-21-13(19)8-16-11-7-12(18)17(14(11)20)10-5-3-4-9(15)6-10/h3-6,11,16H,2,7-8H2,1H3/p+1/t11-/m0/s1. The van der Waals surface area contributed by atoms with Crippen molar-refractivity contribution >= 4 is 35.1 Å². The summed E-state index contributed by atoms with van der Waals surface area (Å²) in [5, 5.41) is 1.98. The molecule has 2 amide bonds. The molecule has 7 heteroatoms. The van der Waals surface area contributed by atoms with Gasteiger partial charge in [-0.05, 0) is 25.1 Å². The highest BCUT2D eigenvalue weighted by Crippen LogP contribution is 2.24. The molecule has 2 rings (SSSR count). The Hall–Kier alpha value is -1.92. The van der Waals surface area contributed by atoms with E-state index < -0.39 is 12.0 Å². The van der Waals surface area contributed by atoms with Gasteiger partial charge in [-0.1, -0.05) is 17.7 Å². The van der Waals surface area contributed by atoms with E-state index in [4.69, 9.17) is 16.3 Å². The normalized spacial score (nSPS) is 18.2. The maximum atomic E-state index is 12.3. The number of quaternary nitrogens is 1. The zero-order chi connectivity index (χ0) is 15.4. The second kappa shape index (κ2) is 6.69. The lowest BCUT2D eigenvalue weighted by atomic mass is 10.2. The maximum Gasteiger partial charge on any atom is 0.361 e. The first-order valence-electron chi connectivity index (χ1n) is 6.64. The summed E-state index contributed by atoms with van der Waals surface area (Å²) in [5.41, 5.74) is 0.449. The predicted octanol–water partition coefficient (Wildman–Crippen LogP) is 0.0984. The molecule has 2 N–H and O–H groups in total. The Morgan fingerprint density at radius 2 is 2.24 bits per heavy atom. The first kappa shape index (κ1) is 15.5. The van der Waals surface area contributed by atoms with Crippen molar-refractivity contribution in [3.63, 3.8) is 0 Å². The number of carbonyl (C=O) groups is 3. The monoisotopic (exact) mass is 311 g/mol. The van der Waals surface area contributed by atoms with Gasteiger partial charge < -0.3 is 10.1 Å². The lowest BCUT2D eigenvalue weighted by Crippen LogP contribution is -2.93. The number of ether oxygens (including phenoxy) is 1. The van der Waals surface area contributed by atoms with E-state index in [0.717, 1.165) is 4.90 Å². The van der Waals surface area contributed by atoms with Gasteiger partial charge in [0.2, 0.25) is 5.91 Å². The molecule has 1 aliphatic rings. The lowest BCUT2D eigenvalue weighted by molar-refractivity contribution is -0.665. The highest BCUT2D eigenvalue weighted by molar-refractivity contribution is 6.31. The van der Waals surface area contributed by atoms with Crippen molar-refractivity contribution in [1.82, 2.24) is 0 Å². The average Bonchev–Trinajstić information content (AvgIpc) is 2.71. The van der Waals surface area contributed by atoms with Crippen LogP contribution in [0.1, 0.15) is 13.3 Å². The number of rotatable bonds is 5. The van der Waals surface area contributed by atoms with Crippen LogP contribution in [-0.2, 0) is 19.1 Å². The number of halogens is 1. The van der Waals surface area contributed by atoms with E-state index in [1.807, 2.05) is 0 Å². The minimum Gasteiger partial charge on any atom is -0.462 e. The van der Waals surface area contributed by atoms with Crippen LogP contribution in [0.4, 0.5) is 5.69 Å². The summed E-state index contributed by atoms with van der Waals surface area (Å²) in [7, 11) is 0. The van der Waals surface area contributed by atoms with Gasteiger partial charge in [0.25, 0.3) is 5.91 Å². The molecule has 1 aromatic carbocycles. The van der Waals surface area contributed by atoms with Crippen LogP contribution in [0, 0.1) is 0 Å². The zero-order valence-electron chi connectivity index (χ0n) is 11.5. The second-order valence-electron chi connectivity index (χ2n) is 4.60. The van der Waals surface area contributed by atoms with Crippen molar-refractivity contribution in [2.45, 2.75) is 19.4 Å². The van der Waals surface area contributed by atoms with Gasteiger partial charge in [0, 0.05) is 5.02 Å². The maximum absolute atomic E-state index is 12.3. The van der Waals surface area contributed by atoms with E-state index in [0.29, 0.717) is 17.3 Å². The van der Waals surface area contributed by atoms with Crippen molar-refractivity contribution in [2.75, 3.05) is 18.1 Å². The Morgan fingerprint density at radius 1 is 1.48 bits per heavy atom. The van der Waals surface area contributed by atoms with Gasteiger partial charge in [0.15, 0.2) is 12.6 Å². The molecule has 1 heterocycles. The highest BCUT2D eigenvalue weighted by Gasteiger charge is 2.42. The molecule has 1 saturated heterocycles. The quantitative estimate of drug-likeness (QED) is 0.618. The topological polar surface area (TPSA) is 80.3 Å². The van der Waals surface area contributed by atoms with Crippen molar-refractivity contribution in [2.24, 2.45) is 0 Å². The Balaban J connectivity index is 2.05. The predicted molar refractivity (Wildman–Crippen MR) is 75.8 cm³/mol. The Labute approximate surface area is 127 Å². The molecule has 0 aromatic heterocycles. The van der Waals surface area contributed by atoms with E-state index in [-0.39, 0.29) is 24.8 Å². The van der Waals surface area contributed by atoms with Crippen LogP contribution in [0.15, 0.2) is 24.3 Å². The fourth-order valence-corrected chi connectivity index (χ4v) is 2.37. The SMILES string of the molecule is CCOC(=O)C[NH2+][C@H]1CC(=O)N(c2cccc(Cl)c2)C1=O. The number of imide groups is 1. The molecule has 112 valence electrons. The van der Waals surface area contributed by atoms with Crippen LogP contribution >= 0.6 is 11.6 Å². The minimum absolute atomic E-state index is 0.0148. The molecular weight excluding hydrogens is 296 g/mol. The molecule has 0 radical (unpaired) electrons. The average molecular weight is 312 g/mol. The summed E-state index contributed by atoms with van der Waals surface area (Å²) < 4.78 is 4.79. The smallest absolute Gasteiger partial charge is 0.361 e. The molecule has 1 aliphatic heterocycles. The van der Waals surface area contributed by atoms with Gasteiger partial charge in [-0.3, -0.25) is 9.59 Å². The van der Waals surface area contributed by atoms with Gasteiger partial charge in [0.05, 0.1) is 18.7 Å². The molecule has 1 atom stereocenters. The minimum atomic E-state index is -0.596. The molecule has 1 fully saturated rings. The molecular formula is C14H16ClN2O4+. The first-order valence-corrected chi connectivity index (χ1v) is 7.02. The van der Waals surface area contributed by atoms with Crippen LogP contribution in [0.5, 0.6) is 0 Å². The second-order valence-corrected chi connectivity index (χ2v) is 5.04. The van der Waals surface area contributed by atoms with Gasteiger partial charge >= 0.3 is 5.97 Å². The molecule has 21 heavy (non-hydrogen) atoms. The number of nitrogens with zero attached hydrogens (tertiary/aromatic N) is 1. The molecule has 0 aliphatic carbocycles. The number of anilines is 1. The molecule has 0 bridgehead atoms. The summed E-state index contributed by atoms with van der Waals surface area (Å²) >= 11 is 5.87. The van der Waals surface area contributed by atoms with E-state index >= 15 is 0 Å². The van der Waals surface area contributed by atoms with Crippen molar-refractivity contribution in [3.8, 4) is 0 Å². The van der Waals surface area contributed by atoms with Crippen molar-refractivity contribution in [1.29, 1.82) is 0 Å². The van der Waals surface area contributed by atoms with Crippen LogP contribution < -0.4 is 10.2 Å². The first-order chi connectivity index (χ1) is 10.0. The van der Waals surface area contributed by atoms with Gasteiger partial charge in [-0.2, -0.15) is 0 Å². The summed E-state index contributed by atoms with van der Waals surface area (Å²) in [5.74, 6) is -1.04. The number of nitrogens with two attached hydrogens (primary N) is 1. The number of benzene rings is 1. The third kappa shape index (κ3) is 3.59. The Bertz CT molecular complexity index is 576. The van der Waals surface area contributed by atoms with Gasteiger partial charge in [-0.25, -0.2) is 9.69 Å². The Morgan fingerprint density at radius 3 is 2.90 bits per heavy atom. The van der Waals surface area contributed by atoms with Crippen LogP contribution in [0.2, 0.25) is 5.02 Å². The molecule has 0 unspecified atom stereocenters. The molecule has 6 nitrogen and oxygen atoms in total. The molecule has 1 aromatic rings. The summed E-state index contributed by atoms with van der Waals surface area (Å²) in [6, 6.07) is 5.95. The van der Waals surface area contributed by atoms with E-state index in [1.165, 1.54) is 5.32 Å². The molecule has 0 spiro atoms. The highest BCUT2D eigenvalue weighted by atomic mass is 35.5. The number of carbonyl (C=O) groups excluding carboxylic acids is 3. The van der Waals surface area contributed by atoms with Crippen LogP contribution in [0.3, 0.4) is 0 Å². The summed E-state index contributed by atoms with van der Waals surface area (Å²) in [6.45, 7) is 2.02. The number of hydrogen-bond acceptors (Lipinski definition) is 4. The van der Waals surface area contributed by atoms with Crippen LogP contribution in [-0.4, -0.2) is 37.0 Å². The number of amides is 2. The third-order valence-corrected chi connectivity index (χ3v) is 3.36. The van der Waals surface area contributed by atoms with E-state index in [1.54, 1.807) is 31.2 Å². The van der Waals surface area contributed by atoms with Gasteiger partial charge in [-0.15, -0.1) is 0 Å². The third-order valence-electron chi connectivity index (χ3n) is 3.12. The van der Waals surface area contributed by atoms with Crippen molar-refractivity contribution < 1.29 is 24.4 Å². The van der Waals surface area contributed by atoms with Gasteiger partial charge in [0.1, 0.15) is 0 Å². The largest absolute Gasteiger partial charge is 0.462 e. The van der Waals surface area contributed by atoms with Crippen molar-refractivity contribution in [3.05, 3.63) is 29.3 Å². The number of hydrogen-bond donors (Lipinski definition) is 1. The fraction of sp³-hybridized carbons (Fsp3) is 0.357. The van der Waals surface area contributed by atoms with E-state index in [2.05, 4.69) is 0 Å². The Kier molecular flexibility index (Phi) is 4.93. The van der Waals surface area contributed by atoms with Crippen LogP contribution in [0.25, 0.3) is 0 Å². The molecule has 0 saturated carbocycles. The number of esters is 1. The summed E-state index contributed by atoms with van der Waals surface area (Å²) in [6.07, 6.45) is 0.0603. The summed E-state index contributed by atoms with van der Waals surface area (Å²) in [4.78, 5) is 36.7. The fourth-order valence-electron chi connectivity index (χ4n) is 2.18. The zero-order valence-corrected chi connectivity index (χ0v) is 12.3.